The Balaban J connectivity index is 3.16. The zero-order valence-electron chi connectivity index (χ0n) is 10.8. The van der Waals surface area contributed by atoms with Gasteiger partial charge in [-0.3, -0.25) is 4.79 Å². The summed E-state index contributed by atoms with van der Waals surface area (Å²) >= 11 is 0. The number of alkyl halides is 2. The summed E-state index contributed by atoms with van der Waals surface area (Å²) in [5, 5.41) is 0. The predicted molar refractivity (Wildman–Crippen MR) is 64.0 cm³/mol. The number of nitrogens with two attached hydrogens (primary N) is 1. The zero-order chi connectivity index (χ0) is 14.4. The molecule has 0 atom stereocenters. The molecule has 1 aromatic rings. The second-order valence-corrected chi connectivity index (χ2v) is 3.69. The van der Waals surface area contributed by atoms with Gasteiger partial charge in [0.2, 0.25) is 5.88 Å². The van der Waals surface area contributed by atoms with Gasteiger partial charge in [-0.1, -0.05) is 0 Å². The third kappa shape index (κ3) is 3.85. The fourth-order valence-electron chi connectivity index (χ4n) is 1.62. The molecule has 0 spiro atoms. The number of nitrogens with zero attached hydrogens (tertiary/aromatic N) is 1. The van der Waals surface area contributed by atoms with Gasteiger partial charge in [0.05, 0.1) is 20.1 Å². The van der Waals surface area contributed by atoms with Gasteiger partial charge in [-0.05, 0) is 18.6 Å². The molecule has 0 fully saturated rings. The minimum atomic E-state index is -2.80. The lowest BCUT2D eigenvalue weighted by Crippen LogP contribution is -2.13. The molecule has 0 amide bonds. The van der Waals surface area contributed by atoms with Crippen molar-refractivity contribution in [1.82, 2.24) is 4.98 Å². The van der Waals surface area contributed by atoms with E-state index in [1.807, 2.05) is 0 Å². The third-order valence-electron chi connectivity index (χ3n) is 2.43. The predicted octanol–water partition coefficient (Wildman–Crippen LogP) is 1.59. The highest BCUT2D eigenvalue weighted by Crippen LogP contribution is 2.27. The van der Waals surface area contributed by atoms with Crippen LogP contribution >= 0.6 is 0 Å². The van der Waals surface area contributed by atoms with Crippen molar-refractivity contribution in [2.75, 3.05) is 13.7 Å². The van der Waals surface area contributed by atoms with Crippen LogP contribution in [0.25, 0.3) is 0 Å². The van der Waals surface area contributed by atoms with Crippen LogP contribution in [0.15, 0.2) is 6.07 Å². The number of carbonyl (C=O) groups excluding carboxylic acids is 1. The van der Waals surface area contributed by atoms with Crippen molar-refractivity contribution < 1.29 is 23.0 Å². The fourth-order valence-corrected chi connectivity index (χ4v) is 1.62. The Labute approximate surface area is 109 Å². The highest BCUT2D eigenvalue weighted by atomic mass is 19.3. The lowest BCUT2D eigenvalue weighted by Gasteiger charge is -2.13. The Bertz CT molecular complexity index is 453. The Morgan fingerprint density at radius 1 is 1.47 bits per heavy atom. The van der Waals surface area contributed by atoms with E-state index < -0.39 is 18.1 Å². The molecule has 0 aliphatic rings. The molecule has 0 saturated heterocycles. The molecule has 106 valence electrons. The molecular weight excluding hydrogens is 258 g/mol. The van der Waals surface area contributed by atoms with Crippen LogP contribution in [0.5, 0.6) is 5.88 Å². The van der Waals surface area contributed by atoms with Crippen LogP contribution in [0.4, 0.5) is 8.78 Å². The van der Waals surface area contributed by atoms with Crippen molar-refractivity contribution in [3.8, 4) is 5.88 Å². The quantitative estimate of drug-likeness (QED) is 0.797. The molecule has 0 aromatic carbocycles. The molecule has 1 rings (SSSR count). The Kier molecular flexibility index (Phi) is 5.62. The van der Waals surface area contributed by atoms with Crippen LogP contribution in [0.2, 0.25) is 0 Å². The first kappa shape index (κ1) is 15.3. The van der Waals surface area contributed by atoms with Gasteiger partial charge in [0.25, 0.3) is 6.43 Å². The van der Waals surface area contributed by atoms with E-state index in [0.717, 1.165) is 0 Å². The number of ether oxygens (including phenoxy) is 2. The van der Waals surface area contributed by atoms with Crippen LogP contribution < -0.4 is 10.5 Å². The van der Waals surface area contributed by atoms with Crippen molar-refractivity contribution in [2.24, 2.45) is 5.73 Å². The molecule has 2 N–H and O–H groups in total. The second kappa shape index (κ2) is 6.98. The standard InChI is InChI=1S/C12H16F2N2O3/c1-3-19-9(17)5-7-4-8(6-15)12(18-2)16-10(7)11(13)14/h4,11H,3,5-6,15H2,1-2H3. The van der Waals surface area contributed by atoms with Crippen molar-refractivity contribution >= 4 is 5.97 Å². The SMILES string of the molecule is CCOC(=O)Cc1cc(CN)c(OC)nc1C(F)F. The van der Waals surface area contributed by atoms with Crippen LogP contribution in [0, 0.1) is 0 Å². The van der Waals surface area contributed by atoms with Crippen LogP contribution in [0.1, 0.15) is 30.2 Å². The zero-order valence-corrected chi connectivity index (χ0v) is 10.8. The number of pyridine rings is 1. The number of methoxy groups -OCH3 is 1. The van der Waals surface area contributed by atoms with Crippen molar-refractivity contribution in [1.29, 1.82) is 0 Å². The number of carbonyl (C=O) groups is 1. The van der Waals surface area contributed by atoms with Crippen molar-refractivity contribution in [2.45, 2.75) is 26.3 Å². The summed E-state index contributed by atoms with van der Waals surface area (Å²) in [6.07, 6.45) is -3.07. The summed E-state index contributed by atoms with van der Waals surface area (Å²) in [6, 6.07) is 1.41. The van der Waals surface area contributed by atoms with E-state index in [1.54, 1.807) is 6.92 Å². The minimum absolute atomic E-state index is 0.0467. The molecule has 0 aliphatic carbocycles. The molecule has 0 bridgehead atoms. The highest BCUT2D eigenvalue weighted by Gasteiger charge is 2.21. The lowest BCUT2D eigenvalue weighted by molar-refractivity contribution is -0.142. The van der Waals surface area contributed by atoms with Gasteiger partial charge < -0.3 is 15.2 Å². The molecule has 1 heterocycles. The Morgan fingerprint density at radius 3 is 2.63 bits per heavy atom. The smallest absolute Gasteiger partial charge is 0.310 e. The average molecular weight is 274 g/mol. The number of rotatable bonds is 6. The normalized spacial score (nSPS) is 10.6. The van der Waals surface area contributed by atoms with E-state index in [2.05, 4.69) is 4.98 Å². The van der Waals surface area contributed by atoms with E-state index in [0.29, 0.717) is 5.56 Å². The Morgan fingerprint density at radius 2 is 2.16 bits per heavy atom. The summed E-state index contributed by atoms with van der Waals surface area (Å²) < 4.78 is 35.5. The average Bonchev–Trinajstić information content (AvgIpc) is 2.38. The van der Waals surface area contributed by atoms with Crippen LogP contribution in [-0.4, -0.2) is 24.7 Å². The number of aromatic nitrogens is 1. The molecule has 0 aliphatic heterocycles. The maximum absolute atomic E-state index is 12.9. The maximum Gasteiger partial charge on any atom is 0.310 e. The van der Waals surface area contributed by atoms with E-state index >= 15 is 0 Å². The van der Waals surface area contributed by atoms with Gasteiger partial charge in [0.1, 0.15) is 5.69 Å². The number of hydrogen-bond donors (Lipinski definition) is 1. The first-order valence-corrected chi connectivity index (χ1v) is 5.73. The van der Waals surface area contributed by atoms with Gasteiger partial charge >= 0.3 is 5.97 Å². The van der Waals surface area contributed by atoms with Gasteiger partial charge in [0, 0.05) is 12.1 Å². The summed E-state index contributed by atoms with van der Waals surface area (Å²) in [6.45, 7) is 1.91. The van der Waals surface area contributed by atoms with Crippen LogP contribution in [-0.2, 0) is 22.5 Å². The van der Waals surface area contributed by atoms with Gasteiger partial charge in [-0.2, -0.15) is 0 Å². The van der Waals surface area contributed by atoms with Gasteiger partial charge in [-0.15, -0.1) is 0 Å². The lowest BCUT2D eigenvalue weighted by atomic mass is 10.1. The van der Waals surface area contributed by atoms with Crippen molar-refractivity contribution in [3.05, 3.63) is 22.9 Å². The molecule has 0 unspecified atom stereocenters. The van der Waals surface area contributed by atoms with E-state index in [1.165, 1.54) is 13.2 Å². The summed E-state index contributed by atoms with van der Waals surface area (Å²) in [4.78, 5) is 15.1. The largest absolute Gasteiger partial charge is 0.481 e. The third-order valence-corrected chi connectivity index (χ3v) is 2.43. The second-order valence-electron chi connectivity index (χ2n) is 3.69. The number of halogens is 2. The molecule has 0 radical (unpaired) electrons. The monoisotopic (exact) mass is 274 g/mol. The van der Waals surface area contributed by atoms with Crippen molar-refractivity contribution in [3.63, 3.8) is 0 Å². The van der Waals surface area contributed by atoms with Gasteiger partial charge in [-0.25, -0.2) is 13.8 Å². The number of hydrogen-bond acceptors (Lipinski definition) is 5. The minimum Gasteiger partial charge on any atom is -0.481 e. The molecule has 1 aromatic heterocycles. The molecule has 0 saturated carbocycles. The molecular formula is C12H16F2N2O3. The number of esters is 1. The van der Waals surface area contributed by atoms with E-state index in [4.69, 9.17) is 15.2 Å². The first-order chi connectivity index (χ1) is 9.03. The fraction of sp³-hybridized carbons (Fsp3) is 0.500. The Hall–Kier alpha value is -1.76. The summed E-state index contributed by atoms with van der Waals surface area (Å²) in [7, 11) is 1.32. The highest BCUT2D eigenvalue weighted by molar-refractivity contribution is 5.73. The van der Waals surface area contributed by atoms with Gasteiger partial charge in [0.15, 0.2) is 0 Å². The first-order valence-electron chi connectivity index (χ1n) is 5.73. The van der Waals surface area contributed by atoms with E-state index in [-0.39, 0.29) is 31.0 Å². The summed E-state index contributed by atoms with van der Waals surface area (Å²) in [5.41, 5.74) is 5.57. The van der Waals surface area contributed by atoms with E-state index in [9.17, 15) is 13.6 Å². The maximum atomic E-state index is 12.9. The molecule has 19 heavy (non-hydrogen) atoms. The molecule has 7 heteroatoms. The van der Waals surface area contributed by atoms with Crippen LogP contribution in [0.3, 0.4) is 0 Å². The topological polar surface area (TPSA) is 74.4 Å². The molecule has 5 nitrogen and oxygen atoms in total. The summed E-state index contributed by atoms with van der Waals surface area (Å²) in [5.74, 6) is -0.537.